The van der Waals surface area contributed by atoms with Gasteiger partial charge in [-0.25, -0.2) is 4.68 Å². The van der Waals surface area contributed by atoms with E-state index in [0.29, 0.717) is 0 Å². The Balaban J connectivity index is 1.63. The number of carbonyl (C=O) groups is 1. The van der Waals surface area contributed by atoms with Gasteiger partial charge < -0.3 is 11.1 Å². The molecule has 1 fully saturated rings. The van der Waals surface area contributed by atoms with Gasteiger partial charge in [0.05, 0.1) is 5.69 Å². The maximum Gasteiger partial charge on any atom is 0.227 e. The zero-order valence-corrected chi connectivity index (χ0v) is 11.6. The molecule has 7 nitrogen and oxygen atoms in total. The maximum atomic E-state index is 12.2. The van der Waals surface area contributed by atoms with Crippen molar-refractivity contribution in [3.05, 3.63) is 30.6 Å². The van der Waals surface area contributed by atoms with Crippen molar-refractivity contribution < 1.29 is 4.79 Å². The molecule has 0 radical (unpaired) electrons. The highest BCUT2D eigenvalue weighted by Crippen LogP contribution is 2.24. The molecule has 7 heteroatoms. The Morgan fingerprint density at radius 2 is 2.10 bits per heavy atom. The number of aromatic nitrogens is 4. The molecule has 2 unspecified atom stereocenters. The fraction of sp³-hybridized carbons (Fsp3) is 0.429. The third-order valence-corrected chi connectivity index (χ3v) is 3.83. The summed E-state index contributed by atoms with van der Waals surface area (Å²) < 4.78 is 1.56. The van der Waals surface area contributed by atoms with Crippen molar-refractivity contribution in [1.29, 1.82) is 0 Å². The molecule has 1 aromatic carbocycles. The minimum absolute atomic E-state index is 0.0212. The molecular formula is C14H18N6O. The molecule has 1 saturated carbocycles. The monoisotopic (exact) mass is 286 g/mol. The molecule has 2 atom stereocenters. The molecule has 0 spiro atoms. The van der Waals surface area contributed by atoms with Gasteiger partial charge in [-0.3, -0.25) is 4.79 Å². The molecule has 1 aromatic heterocycles. The molecular weight excluding hydrogens is 268 g/mol. The van der Waals surface area contributed by atoms with Gasteiger partial charge in [0.25, 0.3) is 0 Å². The minimum Gasteiger partial charge on any atom is -0.328 e. The van der Waals surface area contributed by atoms with E-state index in [2.05, 4.69) is 20.8 Å². The fourth-order valence-corrected chi connectivity index (χ4v) is 2.69. The summed E-state index contributed by atoms with van der Waals surface area (Å²) in [5.74, 6) is 0.0771. The molecule has 3 rings (SSSR count). The first-order valence-electron chi connectivity index (χ1n) is 7.12. The van der Waals surface area contributed by atoms with Crippen LogP contribution in [0.3, 0.4) is 0 Å². The summed E-state index contributed by atoms with van der Waals surface area (Å²) in [5.41, 5.74) is 7.55. The van der Waals surface area contributed by atoms with Crippen LogP contribution >= 0.6 is 0 Å². The van der Waals surface area contributed by atoms with Gasteiger partial charge >= 0.3 is 0 Å². The summed E-state index contributed by atoms with van der Waals surface area (Å²) in [6, 6.07) is 7.56. The van der Waals surface area contributed by atoms with Crippen molar-refractivity contribution in [1.82, 2.24) is 20.2 Å². The lowest BCUT2D eigenvalue weighted by Gasteiger charge is -2.25. The summed E-state index contributed by atoms with van der Waals surface area (Å²) in [4.78, 5) is 12.2. The highest BCUT2D eigenvalue weighted by Gasteiger charge is 2.25. The zero-order valence-electron chi connectivity index (χ0n) is 11.6. The third kappa shape index (κ3) is 3.25. The second kappa shape index (κ2) is 6.01. The van der Waals surface area contributed by atoms with Crippen molar-refractivity contribution in [2.75, 3.05) is 5.32 Å². The first kappa shape index (κ1) is 13.7. The normalized spacial score (nSPS) is 22.0. The number of amides is 1. The molecule has 1 heterocycles. The Bertz CT molecular complexity index is 594. The summed E-state index contributed by atoms with van der Waals surface area (Å²) in [5, 5.41) is 13.9. The van der Waals surface area contributed by atoms with Gasteiger partial charge in [-0.15, -0.1) is 5.10 Å². The summed E-state index contributed by atoms with van der Waals surface area (Å²) in [6.07, 6.45) is 5.26. The number of benzene rings is 1. The van der Waals surface area contributed by atoms with Crippen molar-refractivity contribution in [2.24, 2.45) is 11.7 Å². The third-order valence-electron chi connectivity index (χ3n) is 3.83. The highest BCUT2D eigenvalue weighted by molar-refractivity contribution is 5.92. The predicted molar refractivity (Wildman–Crippen MR) is 77.7 cm³/mol. The van der Waals surface area contributed by atoms with Crippen LogP contribution < -0.4 is 11.1 Å². The topological polar surface area (TPSA) is 98.7 Å². The number of nitrogens with two attached hydrogens (primary N) is 1. The molecule has 0 aliphatic heterocycles. The number of nitrogens with zero attached hydrogens (tertiary/aromatic N) is 4. The number of carbonyl (C=O) groups excluding carboxylic acids is 1. The standard InChI is InChI=1S/C14H18N6O/c15-11-3-1-2-10(8-11)14(21)17-12-4-6-13(7-5-12)20-9-16-18-19-20/h4-7,9-11H,1-3,8,15H2,(H,17,21). The zero-order chi connectivity index (χ0) is 14.7. The van der Waals surface area contributed by atoms with Crippen molar-refractivity contribution in [3.8, 4) is 5.69 Å². The lowest BCUT2D eigenvalue weighted by Crippen LogP contribution is -2.34. The molecule has 0 saturated heterocycles. The van der Waals surface area contributed by atoms with E-state index in [1.807, 2.05) is 24.3 Å². The van der Waals surface area contributed by atoms with Crippen LogP contribution in [0.15, 0.2) is 30.6 Å². The fourth-order valence-electron chi connectivity index (χ4n) is 2.69. The number of nitrogens with one attached hydrogen (secondary N) is 1. The van der Waals surface area contributed by atoms with Crippen LogP contribution in [0.1, 0.15) is 25.7 Å². The van der Waals surface area contributed by atoms with Gasteiger partial charge in [0.2, 0.25) is 5.91 Å². The van der Waals surface area contributed by atoms with Crippen molar-refractivity contribution in [3.63, 3.8) is 0 Å². The first-order chi connectivity index (χ1) is 10.2. The number of hydrogen-bond donors (Lipinski definition) is 2. The molecule has 21 heavy (non-hydrogen) atoms. The van der Waals surface area contributed by atoms with E-state index in [4.69, 9.17) is 5.73 Å². The molecule has 0 bridgehead atoms. The maximum absolute atomic E-state index is 12.2. The van der Waals surface area contributed by atoms with Crippen LogP contribution in [0.4, 0.5) is 5.69 Å². The second-order valence-electron chi connectivity index (χ2n) is 5.41. The van der Waals surface area contributed by atoms with Crippen LogP contribution in [-0.2, 0) is 4.79 Å². The van der Waals surface area contributed by atoms with E-state index in [1.54, 1.807) is 4.68 Å². The van der Waals surface area contributed by atoms with Crippen molar-refractivity contribution >= 4 is 11.6 Å². The first-order valence-corrected chi connectivity index (χ1v) is 7.12. The van der Waals surface area contributed by atoms with Crippen molar-refractivity contribution in [2.45, 2.75) is 31.7 Å². The van der Waals surface area contributed by atoms with Crippen LogP contribution in [-0.4, -0.2) is 32.2 Å². The molecule has 1 aliphatic carbocycles. The predicted octanol–water partition coefficient (Wildman–Crippen LogP) is 1.12. The SMILES string of the molecule is NC1CCCC(C(=O)Nc2ccc(-n3cnnn3)cc2)C1. The lowest BCUT2D eigenvalue weighted by molar-refractivity contribution is -0.120. The largest absolute Gasteiger partial charge is 0.328 e. The Morgan fingerprint density at radius 3 is 2.76 bits per heavy atom. The van der Waals surface area contributed by atoms with E-state index in [9.17, 15) is 4.79 Å². The molecule has 1 amide bonds. The van der Waals surface area contributed by atoms with E-state index >= 15 is 0 Å². The summed E-state index contributed by atoms with van der Waals surface area (Å²) >= 11 is 0. The van der Waals surface area contributed by atoms with Gasteiger partial charge in [-0.05, 0) is 54.0 Å². The average molecular weight is 286 g/mol. The minimum atomic E-state index is 0.0212. The van der Waals surface area contributed by atoms with Crippen LogP contribution in [0.25, 0.3) is 5.69 Å². The van der Waals surface area contributed by atoms with Crippen LogP contribution in [0.2, 0.25) is 0 Å². The Labute approximate surface area is 122 Å². The Kier molecular flexibility index (Phi) is 3.92. The van der Waals surface area contributed by atoms with Gasteiger partial charge in [-0.1, -0.05) is 6.42 Å². The van der Waals surface area contributed by atoms with E-state index in [1.165, 1.54) is 6.33 Å². The second-order valence-corrected chi connectivity index (χ2v) is 5.41. The van der Waals surface area contributed by atoms with Gasteiger partial charge in [-0.2, -0.15) is 0 Å². The quantitative estimate of drug-likeness (QED) is 0.881. The molecule has 3 N–H and O–H groups in total. The molecule has 1 aliphatic rings. The van der Waals surface area contributed by atoms with Gasteiger partial charge in [0.1, 0.15) is 6.33 Å². The van der Waals surface area contributed by atoms with Crippen LogP contribution in [0.5, 0.6) is 0 Å². The number of hydrogen-bond acceptors (Lipinski definition) is 5. The van der Waals surface area contributed by atoms with E-state index in [-0.39, 0.29) is 17.9 Å². The van der Waals surface area contributed by atoms with Gasteiger partial charge in [0, 0.05) is 17.6 Å². The van der Waals surface area contributed by atoms with Crippen LogP contribution in [0, 0.1) is 5.92 Å². The number of tetrazole rings is 1. The number of anilines is 1. The summed E-state index contributed by atoms with van der Waals surface area (Å²) in [6.45, 7) is 0. The highest BCUT2D eigenvalue weighted by atomic mass is 16.1. The summed E-state index contributed by atoms with van der Waals surface area (Å²) in [7, 11) is 0. The Hall–Kier alpha value is -2.28. The molecule has 2 aromatic rings. The average Bonchev–Trinajstić information content (AvgIpc) is 3.02. The van der Waals surface area contributed by atoms with E-state index < -0.39 is 0 Å². The van der Waals surface area contributed by atoms with E-state index in [0.717, 1.165) is 37.1 Å². The smallest absolute Gasteiger partial charge is 0.227 e. The number of rotatable bonds is 3. The lowest BCUT2D eigenvalue weighted by atomic mass is 9.85. The molecule has 110 valence electrons. The Morgan fingerprint density at radius 1 is 1.29 bits per heavy atom. The van der Waals surface area contributed by atoms with Gasteiger partial charge in [0.15, 0.2) is 0 Å².